The van der Waals surface area contributed by atoms with Crippen molar-refractivity contribution in [1.29, 1.82) is 0 Å². The van der Waals surface area contributed by atoms with Crippen molar-refractivity contribution in [2.45, 2.75) is 6.92 Å². The molecule has 0 aliphatic rings. The molecule has 0 radical (unpaired) electrons. The van der Waals surface area contributed by atoms with E-state index in [1.54, 1.807) is 6.92 Å². The van der Waals surface area contributed by atoms with Gasteiger partial charge in [0.15, 0.2) is 0 Å². The number of rotatable bonds is 4. The van der Waals surface area contributed by atoms with Gasteiger partial charge in [0.2, 0.25) is 0 Å². The van der Waals surface area contributed by atoms with Crippen molar-refractivity contribution in [3.63, 3.8) is 0 Å². The Balaban J connectivity index is 3.32. The number of aliphatic hydroxyl groups is 1. The largest absolute Gasteiger partial charge is 0.506 e. The Morgan fingerprint density at radius 3 is 2.74 bits per heavy atom. The molecule has 1 heterocycles. The molecule has 0 aromatic carbocycles. The normalized spacial score (nSPS) is 12.4. The Hall–Kier alpha value is -1.59. The average molecular weight is 303 g/mol. The summed E-state index contributed by atoms with van der Waals surface area (Å²) in [5.74, 6) is -1.06. The molecule has 19 heavy (non-hydrogen) atoms. The molecule has 0 unspecified atom stereocenters. The van der Waals surface area contributed by atoms with Crippen LogP contribution in [0.2, 0.25) is 10.3 Å². The van der Waals surface area contributed by atoms with Crippen LogP contribution in [0.15, 0.2) is 22.7 Å². The fraction of sp³-hybridized carbons (Fsp3) is 0.250. The van der Waals surface area contributed by atoms with Crippen LogP contribution in [0.4, 0.5) is 0 Å². The standard InChI is InChI=1S/C12H12Cl2N2O3/c1-3-19-12(18)8(6-15-2)10(17)7-4-5-9(13)16-11(7)14/h4-6,17H,3H2,1-2H3/b10-8-,15-6?. The van der Waals surface area contributed by atoms with Gasteiger partial charge in [-0.1, -0.05) is 23.2 Å². The van der Waals surface area contributed by atoms with Gasteiger partial charge in [-0.2, -0.15) is 0 Å². The van der Waals surface area contributed by atoms with Gasteiger partial charge in [0, 0.05) is 13.3 Å². The summed E-state index contributed by atoms with van der Waals surface area (Å²) < 4.78 is 4.83. The molecular weight excluding hydrogens is 291 g/mol. The molecule has 1 N–H and O–H groups in total. The molecule has 0 saturated carbocycles. The number of carbonyl (C=O) groups excluding carboxylic acids is 1. The summed E-state index contributed by atoms with van der Waals surface area (Å²) in [4.78, 5) is 19.2. The van der Waals surface area contributed by atoms with E-state index in [9.17, 15) is 9.90 Å². The van der Waals surface area contributed by atoms with Crippen molar-refractivity contribution in [2.75, 3.05) is 13.7 Å². The lowest BCUT2D eigenvalue weighted by atomic mass is 10.1. The predicted octanol–water partition coefficient (Wildman–Crippen LogP) is 2.92. The summed E-state index contributed by atoms with van der Waals surface area (Å²) in [7, 11) is 1.47. The highest BCUT2D eigenvalue weighted by Gasteiger charge is 2.18. The summed E-state index contributed by atoms with van der Waals surface area (Å²) in [6.45, 7) is 1.84. The molecule has 0 aliphatic heterocycles. The van der Waals surface area contributed by atoms with Crippen LogP contribution >= 0.6 is 23.2 Å². The second kappa shape index (κ2) is 7.11. The van der Waals surface area contributed by atoms with Gasteiger partial charge in [-0.25, -0.2) is 9.78 Å². The second-order valence-electron chi connectivity index (χ2n) is 3.34. The van der Waals surface area contributed by atoms with Crippen molar-refractivity contribution >= 4 is 41.1 Å². The zero-order chi connectivity index (χ0) is 14.4. The highest BCUT2D eigenvalue weighted by atomic mass is 35.5. The average Bonchev–Trinajstić information content (AvgIpc) is 2.35. The minimum Gasteiger partial charge on any atom is -0.506 e. The number of aliphatic hydroxyl groups excluding tert-OH is 1. The first kappa shape index (κ1) is 15.5. The summed E-state index contributed by atoms with van der Waals surface area (Å²) in [5, 5.41) is 10.3. The molecule has 0 fully saturated rings. The Bertz CT molecular complexity index is 542. The fourth-order valence-electron chi connectivity index (χ4n) is 1.28. The third-order valence-corrected chi connectivity index (χ3v) is 2.58. The fourth-order valence-corrected chi connectivity index (χ4v) is 1.72. The summed E-state index contributed by atoms with van der Waals surface area (Å²) >= 11 is 11.5. The molecule has 0 atom stereocenters. The van der Waals surface area contributed by atoms with Crippen LogP contribution in [0.5, 0.6) is 0 Å². The molecule has 0 saturated heterocycles. The molecule has 1 rings (SSSR count). The number of aliphatic imine (C=N–C) groups is 1. The summed E-state index contributed by atoms with van der Waals surface area (Å²) in [5.41, 5.74) is 0.0735. The van der Waals surface area contributed by atoms with E-state index in [1.807, 2.05) is 0 Å². The zero-order valence-electron chi connectivity index (χ0n) is 10.4. The van der Waals surface area contributed by atoms with Gasteiger partial charge in [0.05, 0.1) is 12.2 Å². The van der Waals surface area contributed by atoms with Gasteiger partial charge in [0.1, 0.15) is 21.6 Å². The maximum absolute atomic E-state index is 11.7. The number of pyridine rings is 1. The molecule has 0 amide bonds. The number of carbonyl (C=O) groups is 1. The van der Waals surface area contributed by atoms with E-state index in [-0.39, 0.29) is 33.8 Å². The van der Waals surface area contributed by atoms with Crippen molar-refractivity contribution < 1.29 is 14.6 Å². The Kier molecular flexibility index (Phi) is 5.79. The lowest BCUT2D eigenvalue weighted by Gasteiger charge is -2.07. The topological polar surface area (TPSA) is 71.8 Å². The molecule has 1 aromatic rings. The lowest BCUT2D eigenvalue weighted by Crippen LogP contribution is -2.11. The predicted molar refractivity (Wildman–Crippen MR) is 74.9 cm³/mol. The van der Waals surface area contributed by atoms with E-state index >= 15 is 0 Å². The smallest absolute Gasteiger partial charge is 0.343 e. The molecule has 1 aromatic heterocycles. The number of esters is 1. The molecule has 5 nitrogen and oxygen atoms in total. The van der Waals surface area contributed by atoms with Gasteiger partial charge >= 0.3 is 5.97 Å². The maximum atomic E-state index is 11.7. The SMILES string of the molecule is CCOC(=O)/C(C=NC)=C(\O)c1ccc(Cl)nc1Cl. The number of nitrogens with zero attached hydrogens (tertiary/aromatic N) is 2. The van der Waals surface area contributed by atoms with Crippen LogP contribution in [0.3, 0.4) is 0 Å². The minimum atomic E-state index is -0.698. The van der Waals surface area contributed by atoms with E-state index in [4.69, 9.17) is 27.9 Å². The van der Waals surface area contributed by atoms with Crippen LogP contribution in [-0.4, -0.2) is 35.9 Å². The van der Waals surface area contributed by atoms with Crippen LogP contribution in [-0.2, 0) is 9.53 Å². The number of aromatic nitrogens is 1. The van der Waals surface area contributed by atoms with E-state index < -0.39 is 5.97 Å². The van der Waals surface area contributed by atoms with Crippen molar-refractivity contribution in [2.24, 2.45) is 4.99 Å². The monoisotopic (exact) mass is 302 g/mol. The van der Waals surface area contributed by atoms with Gasteiger partial charge in [-0.15, -0.1) is 0 Å². The van der Waals surface area contributed by atoms with E-state index in [0.717, 1.165) is 0 Å². The third kappa shape index (κ3) is 3.94. The van der Waals surface area contributed by atoms with E-state index in [2.05, 4.69) is 9.98 Å². The first-order valence-electron chi connectivity index (χ1n) is 5.36. The Morgan fingerprint density at radius 1 is 1.53 bits per heavy atom. The second-order valence-corrected chi connectivity index (χ2v) is 4.09. The van der Waals surface area contributed by atoms with Gasteiger partial charge < -0.3 is 9.84 Å². The van der Waals surface area contributed by atoms with Crippen LogP contribution in [0, 0.1) is 0 Å². The zero-order valence-corrected chi connectivity index (χ0v) is 11.9. The van der Waals surface area contributed by atoms with Crippen LogP contribution < -0.4 is 0 Å². The minimum absolute atomic E-state index is 0.0173. The summed E-state index contributed by atoms with van der Waals surface area (Å²) in [6.07, 6.45) is 1.19. The lowest BCUT2D eigenvalue weighted by molar-refractivity contribution is -0.137. The van der Waals surface area contributed by atoms with Crippen molar-refractivity contribution in [3.8, 4) is 0 Å². The highest BCUT2D eigenvalue weighted by molar-refractivity contribution is 6.33. The van der Waals surface area contributed by atoms with Crippen LogP contribution in [0.25, 0.3) is 5.76 Å². The number of hydrogen-bond acceptors (Lipinski definition) is 5. The first-order valence-corrected chi connectivity index (χ1v) is 6.11. The molecular formula is C12H12Cl2N2O3. The number of halogens is 2. The highest BCUT2D eigenvalue weighted by Crippen LogP contribution is 2.24. The quantitative estimate of drug-likeness (QED) is 0.305. The molecule has 102 valence electrons. The Morgan fingerprint density at radius 2 is 2.21 bits per heavy atom. The Labute approximate surface area is 120 Å². The van der Waals surface area contributed by atoms with Crippen LogP contribution in [0.1, 0.15) is 12.5 Å². The van der Waals surface area contributed by atoms with Crippen molar-refractivity contribution in [1.82, 2.24) is 4.98 Å². The van der Waals surface area contributed by atoms with Gasteiger partial charge in [0.25, 0.3) is 0 Å². The number of ether oxygens (including phenoxy) is 1. The van der Waals surface area contributed by atoms with Crippen molar-refractivity contribution in [3.05, 3.63) is 33.6 Å². The maximum Gasteiger partial charge on any atom is 0.343 e. The van der Waals surface area contributed by atoms with E-state index in [1.165, 1.54) is 25.4 Å². The van der Waals surface area contributed by atoms with Gasteiger partial charge in [-0.05, 0) is 19.1 Å². The molecule has 0 bridgehead atoms. The number of hydrogen-bond donors (Lipinski definition) is 1. The van der Waals surface area contributed by atoms with Gasteiger partial charge in [-0.3, -0.25) is 4.99 Å². The third-order valence-electron chi connectivity index (χ3n) is 2.08. The first-order chi connectivity index (χ1) is 9.01. The molecule has 0 spiro atoms. The molecule has 0 aliphatic carbocycles. The summed E-state index contributed by atoms with van der Waals surface area (Å²) in [6, 6.07) is 2.90. The molecule has 7 heteroatoms. The van der Waals surface area contributed by atoms with E-state index in [0.29, 0.717) is 0 Å².